The van der Waals surface area contributed by atoms with Gasteiger partial charge in [-0.1, -0.05) is 6.92 Å². The number of nitrogens with two attached hydrogens (primary N) is 1. The van der Waals surface area contributed by atoms with Crippen LogP contribution in [0.1, 0.15) is 50.9 Å². The van der Waals surface area contributed by atoms with Gasteiger partial charge in [0.2, 0.25) is 0 Å². The third kappa shape index (κ3) is 4.09. The van der Waals surface area contributed by atoms with Crippen LogP contribution < -0.4 is 5.73 Å². The smallest absolute Gasteiger partial charge is 0.160 e. The second-order valence-electron chi connectivity index (χ2n) is 9.87. The van der Waals surface area contributed by atoms with Gasteiger partial charge in [0.1, 0.15) is 23.4 Å². The van der Waals surface area contributed by atoms with Crippen LogP contribution in [-0.2, 0) is 11.2 Å². The van der Waals surface area contributed by atoms with Gasteiger partial charge in [-0.3, -0.25) is 0 Å². The first-order valence-electron chi connectivity index (χ1n) is 11.6. The fourth-order valence-electron chi connectivity index (χ4n) is 5.46. The van der Waals surface area contributed by atoms with Crippen molar-refractivity contribution in [1.82, 2.24) is 23.9 Å². The van der Waals surface area contributed by atoms with Gasteiger partial charge in [0.15, 0.2) is 5.79 Å². The van der Waals surface area contributed by atoms with Crippen molar-refractivity contribution < 1.29 is 9.84 Å². The molecule has 4 aromatic heterocycles. The Bertz CT molecular complexity index is 1290. The monoisotopic (exact) mass is 448 g/mol. The Morgan fingerprint density at radius 3 is 2.82 bits per heavy atom. The van der Waals surface area contributed by atoms with Crippen LogP contribution in [0.4, 0.5) is 5.82 Å². The normalized spacial score (nSPS) is 23.7. The van der Waals surface area contributed by atoms with Crippen LogP contribution in [0.25, 0.3) is 16.7 Å². The molecule has 1 aliphatic rings. The Morgan fingerprint density at radius 1 is 1.21 bits per heavy atom. The molecule has 0 radical (unpaired) electrons. The summed E-state index contributed by atoms with van der Waals surface area (Å²) in [7, 11) is 0. The lowest BCUT2D eigenvalue weighted by molar-refractivity contribution is -0.211. The minimum atomic E-state index is -1.21. The van der Waals surface area contributed by atoms with Gasteiger partial charge >= 0.3 is 0 Å². The Morgan fingerprint density at radius 2 is 2.03 bits per heavy atom. The predicted octanol–water partition coefficient (Wildman–Crippen LogP) is 3.91. The molecule has 1 saturated carbocycles. The van der Waals surface area contributed by atoms with Gasteiger partial charge in [-0.25, -0.2) is 15.0 Å². The van der Waals surface area contributed by atoms with E-state index in [2.05, 4.69) is 56.1 Å². The molecular weight excluding hydrogens is 416 g/mol. The summed E-state index contributed by atoms with van der Waals surface area (Å²) >= 11 is 0. The number of pyridine rings is 1. The van der Waals surface area contributed by atoms with Crippen molar-refractivity contribution in [2.24, 2.45) is 11.8 Å². The molecule has 0 spiro atoms. The number of aromatic nitrogens is 5. The van der Waals surface area contributed by atoms with Gasteiger partial charge in [-0.05, 0) is 75.6 Å². The molecule has 4 aromatic rings. The third-order valence-corrected chi connectivity index (χ3v) is 7.07. The van der Waals surface area contributed by atoms with E-state index in [1.165, 1.54) is 11.9 Å². The quantitative estimate of drug-likeness (QED) is 0.434. The van der Waals surface area contributed by atoms with Crippen molar-refractivity contribution in [3.05, 3.63) is 54.4 Å². The molecule has 8 nitrogen and oxygen atoms in total. The van der Waals surface area contributed by atoms with E-state index < -0.39 is 5.79 Å². The Labute approximate surface area is 193 Å². The number of hydrogen-bond donors (Lipinski definition) is 2. The lowest BCUT2D eigenvalue weighted by Crippen LogP contribution is -2.34. The highest BCUT2D eigenvalue weighted by atomic mass is 16.6. The van der Waals surface area contributed by atoms with Crippen molar-refractivity contribution >= 4 is 22.5 Å². The molecule has 4 heterocycles. The summed E-state index contributed by atoms with van der Waals surface area (Å²) in [5.41, 5.74) is 10.3. The highest BCUT2D eigenvalue weighted by molar-refractivity contribution is 5.86. The molecule has 4 atom stereocenters. The van der Waals surface area contributed by atoms with Gasteiger partial charge in [-0.2, -0.15) is 0 Å². The van der Waals surface area contributed by atoms with Crippen LogP contribution >= 0.6 is 0 Å². The number of nitrogens with zero attached hydrogens (tertiary/aromatic N) is 5. The van der Waals surface area contributed by atoms with Gasteiger partial charge < -0.3 is 24.5 Å². The van der Waals surface area contributed by atoms with E-state index in [1.807, 2.05) is 18.5 Å². The topological polar surface area (TPSA) is 103 Å². The first-order chi connectivity index (χ1) is 15.7. The number of aryl methyl sites for hydroxylation is 2. The number of hydrogen-bond acceptors (Lipinski definition) is 6. The summed E-state index contributed by atoms with van der Waals surface area (Å²) in [4.78, 5) is 13.1. The molecule has 33 heavy (non-hydrogen) atoms. The number of nitrogen functional groups attached to an aromatic ring is 1. The molecule has 0 aliphatic heterocycles. The highest BCUT2D eigenvalue weighted by Crippen LogP contribution is 2.46. The van der Waals surface area contributed by atoms with Crippen molar-refractivity contribution in [1.29, 1.82) is 0 Å². The SMILES string of the molecule is Cc1cnc2cc(CCC3C[C@@H](OC(C)(C)O)C(n4ccc5c(N)ncnc54)[C@H]3C)ccn12. The minimum Gasteiger partial charge on any atom is -0.383 e. The number of fused-ring (bicyclic) bond motifs is 2. The van der Waals surface area contributed by atoms with Crippen LogP contribution in [0.3, 0.4) is 0 Å². The molecule has 5 rings (SSSR count). The summed E-state index contributed by atoms with van der Waals surface area (Å²) in [6, 6.07) is 6.37. The number of imidazole rings is 1. The molecule has 0 saturated heterocycles. The largest absolute Gasteiger partial charge is 0.383 e. The summed E-state index contributed by atoms with van der Waals surface area (Å²) in [6.45, 7) is 7.72. The molecule has 1 aliphatic carbocycles. The first kappa shape index (κ1) is 21.9. The van der Waals surface area contributed by atoms with Crippen molar-refractivity contribution in [2.45, 2.75) is 64.9 Å². The summed E-state index contributed by atoms with van der Waals surface area (Å²) in [5.74, 6) is 0.0432. The highest BCUT2D eigenvalue weighted by Gasteiger charge is 2.44. The van der Waals surface area contributed by atoms with Crippen LogP contribution in [0.2, 0.25) is 0 Å². The number of ether oxygens (including phenoxy) is 1. The van der Waals surface area contributed by atoms with Crippen LogP contribution in [0.15, 0.2) is 43.1 Å². The summed E-state index contributed by atoms with van der Waals surface area (Å²) in [6.07, 6.45) is 10.3. The maximum Gasteiger partial charge on any atom is 0.160 e. The lowest BCUT2D eigenvalue weighted by atomic mass is 9.90. The Hall–Kier alpha value is -2.97. The fraction of sp³-hybridized carbons (Fsp3) is 0.480. The van der Waals surface area contributed by atoms with Crippen molar-refractivity contribution in [3.63, 3.8) is 0 Å². The van der Waals surface area contributed by atoms with Crippen molar-refractivity contribution in [3.8, 4) is 0 Å². The van der Waals surface area contributed by atoms with Crippen LogP contribution in [-0.4, -0.2) is 40.9 Å². The van der Waals surface area contributed by atoms with E-state index >= 15 is 0 Å². The zero-order valence-corrected chi connectivity index (χ0v) is 19.6. The van der Waals surface area contributed by atoms with E-state index in [9.17, 15) is 5.11 Å². The van der Waals surface area contributed by atoms with Crippen molar-refractivity contribution in [2.75, 3.05) is 5.73 Å². The maximum atomic E-state index is 10.4. The molecule has 0 aromatic carbocycles. The van der Waals surface area contributed by atoms with E-state index in [0.717, 1.165) is 41.6 Å². The molecule has 3 N–H and O–H groups in total. The molecule has 8 heteroatoms. The lowest BCUT2D eigenvalue weighted by Gasteiger charge is -2.30. The van der Waals surface area contributed by atoms with Crippen LogP contribution in [0, 0.1) is 18.8 Å². The van der Waals surface area contributed by atoms with E-state index in [0.29, 0.717) is 17.7 Å². The van der Waals surface area contributed by atoms with Crippen LogP contribution in [0.5, 0.6) is 0 Å². The van der Waals surface area contributed by atoms with E-state index in [1.54, 1.807) is 13.8 Å². The summed E-state index contributed by atoms with van der Waals surface area (Å²) in [5, 5.41) is 11.3. The zero-order valence-electron chi connectivity index (χ0n) is 19.6. The maximum absolute atomic E-state index is 10.4. The van der Waals surface area contributed by atoms with E-state index in [-0.39, 0.29) is 12.1 Å². The van der Waals surface area contributed by atoms with Gasteiger partial charge in [-0.15, -0.1) is 0 Å². The van der Waals surface area contributed by atoms with E-state index in [4.69, 9.17) is 10.5 Å². The molecule has 2 unspecified atom stereocenters. The number of anilines is 1. The average molecular weight is 449 g/mol. The molecule has 1 fully saturated rings. The Balaban J connectivity index is 1.41. The minimum absolute atomic E-state index is 0.0469. The standard InChI is InChI=1S/C25H32N6O2/c1-15-13-27-21-11-17(7-9-30(15)21)5-6-18-12-20(33-25(3,4)32)22(16(18)2)31-10-8-19-23(26)28-14-29-24(19)31/h7-11,13-14,16,18,20,22,32H,5-6,12H2,1-4H3,(H2,26,28,29)/t16-,18?,20+,22?/m0/s1. The number of aliphatic hydroxyl groups is 1. The third-order valence-electron chi connectivity index (χ3n) is 7.07. The first-order valence-corrected chi connectivity index (χ1v) is 11.6. The Kier molecular flexibility index (Phi) is 5.37. The predicted molar refractivity (Wildman–Crippen MR) is 128 cm³/mol. The fourth-order valence-corrected chi connectivity index (χ4v) is 5.46. The molecular formula is C25H32N6O2. The zero-order chi connectivity index (χ0) is 23.3. The van der Waals surface area contributed by atoms with Gasteiger partial charge in [0.05, 0.1) is 17.5 Å². The molecule has 174 valence electrons. The second-order valence-corrected chi connectivity index (χ2v) is 9.87. The average Bonchev–Trinajstić information content (AvgIpc) is 3.42. The van der Waals surface area contributed by atoms with Gasteiger partial charge in [0.25, 0.3) is 0 Å². The molecule has 0 amide bonds. The second kappa shape index (κ2) is 8.11. The van der Waals surface area contributed by atoms with Gasteiger partial charge in [0, 0.05) is 24.3 Å². The summed E-state index contributed by atoms with van der Waals surface area (Å²) < 4.78 is 10.4. The number of rotatable bonds is 6. The molecule has 0 bridgehead atoms.